The van der Waals surface area contributed by atoms with Gasteiger partial charge in [0.05, 0.1) is 18.5 Å². The summed E-state index contributed by atoms with van der Waals surface area (Å²) in [5, 5.41) is 2.70. The zero-order valence-electron chi connectivity index (χ0n) is 15.7. The van der Waals surface area contributed by atoms with Crippen molar-refractivity contribution in [2.45, 2.75) is 6.10 Å². The van der Waals surface area contributed by atoms with Crippen molar-refractivity contribution in [1.82, 2.24) is 5.32 Å². The van der Waals surface area contributed by atoms with Gasteiger partial charge in [-0.15, -0.1) is 0 Å². The average Bonchev–Trinajstić information content (AvgIpc) is 3.17. The molecule has 0 radical (unpaired) electrons. The number of benzene rings is 2. The highest BCUT2D eigenvalue weighted by Crippen LogP contribution is 2.36. The van der Waals surface area contributed by atoms with E-state index in [1.54, 1.807) is 24.3 Å². The largest absolute Gasteiger partial charge is 0.486 e. The molecule has 0 saturated carbocycles. The van der Waals surface area contributed by atoms with Crippen molar-refractivity contribution < 1.29 is 32.2 Å². The van der Waals surface area contributed by atoms with Gasteiger partial charge in [-0.25, -0.2) is 8.42 Å². The number of fused-ring (bicyclic) bond motifs is 2. The smallest absolute Gasteiger partial charge is 0.240 e. The van der Waals surface area contributed by atoms with Crippen LogP contribution in [0.15, 0.2) is 42.5 Å². The molecule has 10 heteroatoms. The first-order valence-electron chi connectivity index (χ1n) is 8.93. The molecule has 2 aliphatic rings. The van der Waals surface area contributed by atoms with Crippen molar-refractivity contribution in [3.8, 4) is 23.0 Å². The Morgan fingerprint density at radius 1 is 1.07 bits per heavy atom. The van der Waals surface area contributed by atoms with Crippen molar-refractivity contribution in [2.75, 3.05) is 37.1 Å². The zero-order chi connectivity index (χ0) is 20.4. The van der Waals surface area contributed by atoms with Gasteiger partial charge in [-0.3, -0.25) is 9.10 Å². The third-order valence-electron chi connectivity index (χ3n) is 4.43. The Hall–Kier alpha value is -3.14. The Bertz CT molecular complexity index is 1020. The van der Waals surface area contributed by atoms with Crippen LogP contribution in [0.4, 0.5) is 5.69 Å². The number of hydrogen-bond acceptors (Lipinski definition) is 7. The van der Waals surface area contributed by atoms with Crippen LogP contribution >= 0.6 is 0 Å². The van der Waals surface area contributed by atoms with Gasteiger partial charge in [-0.1, -0.05) is 12.1 Å². The number of sulfonamides is 1. The van der Waals surface area contributed by atoms with Crippen molar-refractivity contribution >= 4 is 21.6 Å². The molecular weight excluding hydrogens is 400 g/mol. The van der Waals surface area contributed by atoms with Crippen LogP contribution < -0.4 is 28.6 Å². The van der Waals surface area contributed by atoms with E-state index in [2.05, 4.69) is 5.32 Å². The third-order valence-corrected chi connectivity index (χ3v) is 5.57. The number of ether oxygens (including phenoxy) is 4. The molecule has 1 unspecified atom stereocenters. The van der Waals surface area contributed by atoms with E-state index in [1.165, 1.54) is 6.07 Å². The highest BCUT2D eigenvalue weighted by Gasteiger charge is 2.25. The van der Waals surface area contributed by atoms with Gasteiger partial charge in [0.15, 0.2) is 23.0 Å². The molecule has 9 nitrogen and oxygen atoms in total. The minimum absolute atomic E-state index is 0.0741. The lowest BCUT2D eigenvalue weighted by molar-refractivity contribution is -0.120. The fourth-order valence-corrected chi connectivity index (χ4v) is 3.87. The maximum Gasteiger partial charge on any atom is 0.240 e. The molecule has 0 fully saturated rings. The standard InChI is InChI=1S/C19H20N2O7S/c1-29(23,24)21(13-6-7-16-18(8-13)27-12-26-16)10-19(22)20-9-14-11-25-15-4-2-3-5-17(15)28-14/h2-8,14H,9-12H2,1H3,(H,20,22). The summed E-state index contributed by atoms with van der Waals surface area (Å²) in [6.45, 7) is 0.175. The van der Waals surface area contributed by atoms with Crippen LogP contribution in [0.5, 0.6) is 23.0 Å². The number of carbonyl (C=O) groups is 1. The Morgan fingerprint density at radius 3 is 2.59 bits per heavy atom. The Labute approximate surface area is 168 Å². The maximum absolute atomic E-state index is 12.4. The monoisotopic (exact) mass is 420 g/mol. The number of para-hydroxylation sites is 2. The van der Waals surface area contributed by atoms with E-state index < -0.39 is 15.9 Å². The number of nitrogens with zero attached hydrogens (tertiary/aromatic N) is 1. The molecule has 154 valence electrons. The number of carbonyl (C=O) groups excluding carboxylic acids is 1. The van der Waals surface area contributed by atoms with Crippen molar-refractivity contribution in [3.63, 3.8) is 0 Å². The molecule has 0 aliphatic carbocycles. The number of anilines is 1. The van der Waals surface area contributed by atoms with Crippen molar-refractivity contribution in [3.05, 3.63) is 42.5 Å². The first-order valence-corrected chi connectivity index (χ1v) is 10.8. The fraction of sp³-hybridized carbons (Fsp3) is 0.316. The fourth-order valence-electron chi connectivity index (χ4n) is 3.02. The van der Waals surface area contributed by atoms with Crippen molar-refractivity contribution in [1.29, 1.82) is 0 Å². The van der Waals surface area contributed by atoms with E-state index in [1.807, 2.05) is 12.1 Å². The van der Waals surface area contributed by atoms with Gasteiger partial charge in [-0.05, 0) is 24.3 Å². The van der Waals surface area contributed by atoms with Crippen LogP contribution in [0.2, 0.25) is 0 Å². The number of rotatable bonds is 6. The highest BCUT2D eigenvalue weighted by atomic mass is 32.2. The quantitative estimate of drug-likeness (QED) is 0.747. The van der Waals surface area contributed by atoms with E-state index in [4.69, 9.17) is 18.9 Å². The van der Waals surface area contributed by atoms with E-state index in [9.17, 15) is 13.2 Å². The summed E-state index contributed by atoms with van der Waals surface area (Å²) in [4.78, 5) is 12.4. The molecule has 2 aliphatic heterocycles. The van der Waals surface area contributed by atoms with Crippen LogP contribution in [0.1, 0.15) is 0 Å². The Kier molecular flexibility index (Phi) is 5.10. The summed E-state index contributed by atoms with van der Waals surface area (Å²) in [5.74, 6) is 1.76. The SMILES string of the molecule is CS(=O)(=O)N(CC(=O)NCC1COc2ccccc2O1)c1ccc2c(c1)OCO2. The van der Waals surface area contributed by atoms with Crippen LogP contribution in [-0.4, -0.2) is 53.2 Å². The summed E-state index contributed by atoms with van der Waals surface area (Å²) in [5.41, 5.74) is 0.318. The number of amides is 1. The Morgan fingerprint density at radius 2 is 1.79 bits per heavy atom. The summed E-state index contributed by atoms with van der Waals surface area (Å²) >= 11 is 0. The molecular formula is C19H20N2O7S. The normalized spacial score (nSPS) is 16.9. The molecule has 1 atom stereocenters. The van der Waals surface area contributed by atoms with Gasteiger partial charge in [0.2, 0.25) is 22.7 Å². The van der Waals surface area contributed by atoms with Gasteiger partial charge < -0.3 is 24.3 Å². The lowest BCUT2D eigenvalue weighted by atomic mass is 10.2. The Balaban J connectivity index is 1.39. The molecule has 0 aromatic heterocycles. The lowest BCUT2D eigenvalue weighted by Crippen LogP contribution is -2.45. The number of nitrogens with one attached hydrogen (secondary N) is 1. The second-order valence-corrected chi connectivity index (χ2v) is 8.52. The van der Waals surface area contributed by atoms with Gasteiger partial charge in [0.1, 0.15) is 19.3 Å². The molecule has 1 amide bonds. The van der Waals surface area contributed by atoms with E-state index in [-0.39, 0.29) is 32.6 Å². The maximum atomic E-state index is 12.4. The summed E-state index contributed by atoms with van der Waals surface area (Å²) in [6, 6.07) is 12.0. The van der Waals surface area contributed by atoms with Gasteiger partial charge in [-0.2, -0.15) is 0 Å². The molecule has 0 bridgehead atoms. The minimum atomic E-state index is -3.69. The summed E-state index contributed by atoms with van der Waals surface area (Å²) in [7, 11) is -3.69. The first kappa shape index (κ1) is 19.2. The first-order chi connectivity index (χ1) is 13.9. The molecule has 4 rings (SSSR count). The molecule has 2 aromatic carbocycles. The minimum Gasteiger partial charge on any atom is -0.486 e. The van der Waals surface area contributed by atoms with E-state index in [0.29, 0.717) is 28.7 Å². The molecule has 0 saturated heterocycles. The molecule has 0 spiro atoms. The zero-order valence-corrected chi connectivity index (χ0v) is 16.5. The van der Waals surface area contributed by atoms with E-state index >= 15 is 0 Å². The third kappa shape index (κ3) is 4.32. The van der Waals surface area contributed by atoms with Gasteiger partial charge in [0, 0.05) is 6.07 Å². The van der Waals surface area contributed by atoms with E-state index in [0.717, 1.165) is 10.6 Å². The molecule has 2 heterocycles. The summed E-state index contributed by atoms with van der Waals surface area (Å²) < 4.78 is 47.4. The lowest BCUT2D eigenvalue weighted by Gasteiger charge is -2.27. The average molecular weight is 420 g/mol. The van der Waals surface area contributed by atoms with Crippen LogP contribution in [0.25, 0.3) is 0 Å². The summed E-state index contributed by atoms with van der Waals surface area (Å²) in [6.07, 6.45) is 0.672. The van der Waals surface area contributed by atoms with Crippen molar-refractivity contribution in [2.24, 2.45) is 0 Å². The van der Waals surface area contributed by atoms with Gasteiger partial charge in [0.25, 0.3) is 0 Å². The van der Waals surface area contributed by atoms with Crippen LogP contribution in [-0.2, 0) is 14.8 Å². The second kappa shape index (κ2) is 7.70. The second-order valence-electron chi connectivity index (χ2n) is 6.61. The predicted molar refractivity (Wildman–Crippen MR) is 104 cm³/mol. The number of hydrogen-bond donors (Lipinski definition) is 1. The van der Waals surface area contributed by atoms with Gasteiger partial charge >= 0.3 is 0 Å². The molecule has 1 N–H and O–H groups in total. The predicted octanol–water partition coefficient (Wildman–Crippen LogP) is 1.14. The topological polar surface area (TPSA) is 103 Å². The molecule has 29 heavy (non-hydrogen) atoms. The highest BCUT2D eigenvalue weighted by molar-refractivity contribution is 7.92. The van der Waals surface area contributed by atoms with Crippen LogP contribution in [0.3, 0.4) is 0 Å². The molecule has 2 aromatic rings. The van der Waals surface area contributed by atoms with Crippen LogP contribution in [0, 0.1) is 0 Å².